The summed E-state index contributed by atoms with van der Waals surface area (Å²) in [5, 5.41) is 0. The van der Waals surface area contributed by atoms with E-state index >= 15 is 0 Å². The van der Waals surface area contributed by atoms with Gasteiger partial charge in [-0.15, -0.1) is 0 Å². The van der Waals surface area contributed by atoms with Crippen molar-refractivity contribution in [3.05, 3.63) is 36.9 Å². The zero-order valence-electron chi connectivity index (χ0n) is 9.03. The number of hydrogen-bond donors (Lipinski definition) is 0. The van der Waals surface area contributed by atoms with Crippen LogP contribution in [0.1, 0.15) is 5.56 Å². The monoisotopic (exact) mass is 207 g/mol. The zero-order chi connectivity index (χ0) is 11.1. The first-order chi connectivity index (χ1) is 7.33. The first-order valence-electron chi connectivity index (χ1n) is 4.58. The second-order valence-electron chi connectivity index (χ2n) is 2.85. The minimum Gasteiger partial charge on any atom is -0.496 e. The van der Waals surface area contributed by atoms with Gasteiger partial charge in [-0.25, -0.2) is 0 Å². The lowest BCUT2D eigenvalue weighted by atomic mass is 10.1. The van der Waals surface area contributed by atoms with Crippen molar-refractivity contribution in [2.24, 2.45) is 0 Å². The standard InChI is InChI=1S/C12H15O3/c1-13-9-5-6-10-11(14-2)7-4-8-12(10)15-3/h4-8H,1,9H2,2-3H3/b6-5+. The Bertz CT molecular complexity index is 309. The predicted octanol–water partition coefficient (Wildman–Crippen LogP) is 2.53. The molecule has 0 saturated carbocycles. The molecule has 1 rings (SSSR count). The van der Waals surface area contributed by atoms with E-state index in [4.69, 9.17) is 14.2 Å². The van der Waals surface area contributed by atoms with E-state index < -0.39 is 0 Å². The third-order valence-corrected chi connectivity index (χ3v) is 1.96. The molecule has 3 heteroatoms. The van der Waals surface area contributed by atoms with Crippen molar-refractivity contribution in [3.8, 4) is 11.5 Å². The maximum atomic E-state index is 5.23. The molecule has 0 amide bonds. The van der Waals surface area contributed by atoms with Gasteiger partial charge in [0.25, 0.3) is 0 Å². The third-order valence-electron chi connectivity index (χ3n) is 1.96. The summed E-state index contributed by atoms with van der Waals surface area (Å²) in [6.45, 7) is 0.460. The van der Waals surface area contributed by atoms with Crippen LogP contribution in [0.25, 0.3) is 6.08 Å². The molecular weight excluding hydrogens is 192 g/mol. The van der Waals surface area contributed by atoms with E-state index in [1.54, 1.807) is 14.2 Å². The summed E-state index contributed by atoms with van der Waals surface area (Å²) in [6.07, 6.45) is 3.75. The Kier molecular flexibility index (Phi) is 4.71. The number of methoxy groups -OCH3 is 2. The van der Waals surface area contributed by atoms with E-state index in [0.29, 0.717) is 6.61 Å². The molecule has 81 valence electrons. The van der Waals surface area contributed by atoms with Crippen molar-refractivity contribution in [3.63, 3.8) is 0 Å². The van der Waals surface area contributed by atoms with Gasteiger partial charge in [-0.2, -0.15) is 0 Å². The number of benzene rings is 1. The summed E-state index contributed by atoms with van der Waals surface area (Å²) < 4.78 is 15.2. The highest BCUT2D eigenvalue weighted by Gasteiger charge is 2.05. The molecule has 1 aromatic rings. The Morgan fingerprint density at radius 2 is 1.80 bits per heavy atom. The van der Waals surface area contributed by atoms with Gasteiger partial charge < -0.3 is 14.2 Å². The van der Waals surface area contributed by atoms with E-state index in [1.165, 1.54) is 0 Å². The van der Waals surface area contributed by atoms with Gasteiger partial charge >= 0.3 is 0 Å². The highest BCUT2D eigenvalue weighted by molar-refractivity contribution is 5.64. The molecule has 0 atom stereocenters. The molecule has 0 bridgehead atoms. The van der Waals surface area contributed by atoms with Gasteiger partial charge in [0.05, 0.1) is 33.5 Å². The topological polar surface area (TPSA) is 27.7 Å². The summed E-state index contributed by atoms with van der Waals surface area (Å²) in [7, 11) is 6.55. The summed E-state index contributed by atoms with van der Waals surface area (Å²) >= 11 is 0. The SMILES string of the molecule is [CH2]OC/C=C/c1c(OC)cccc1OC. The molecule has 0 aliphatic carbocycles. The van der Waals surface area contributed by atoms with Crippen LogP contribution in [-0.4, -0.2) is 20.8 Å². The second kappa shape index (κ2) is 6.09. The maximum Gasteiger partial charge on any atom is 0.129 e. The molecule has 0 aliphatic rings. The zero-order valence-corrected chi connectivity index (χ0v) is 9.03. The van der Waals surface area contributed by atoms with Crippen LogP contribution in [0.15, 0.2) is 24.3 Å². The van der Waals surface area contributed by atoms with Gasteiger partial charge in [0.1, 0.15) is 11.5 Å². The number of ether oxygens (including phenoxy) is 3. The summed E-state index contributed by atoms with van der Waals surface area (Å²) in [5.41, 5.74) is 0.902. The van der Waals surface area contributed by atoms with Crippen LogP contribution in [0.2, 0.25) is 0 Å². The fraction of sp³-hybridized carbons (Fsp3) is 0.250. The van der Waals surface area contributed by atoms with Crippen LogP contribution in [0, 0.1) is 7.11 Å². The summed E-state index contributed by atoms with van der Waals surface area (Å²) in [4.78, 5) is 0. The van der Waals surface area contributed by atoms with Gasteiger partial charge in [-0.05, 0) is 18.2 Å². The summed E-state index contributed by atoms with van der Waals surface area (Å²) in [5.74, 6) is 1.55. The Hall–Kier alpha value is -1.48. The highest BCUT2D eigenvalue weighted by Crippen LogP contribution is 2.29. The van der Waals surface area contributed by atoms with Crippen molar-refractivity contribution in [1.82, 2.24) is 0 Å². The predicted molar refractivity (Wildman–Crippen MR) is 59.9 cm³/mol. The van der Waals surface area contributed by atoms with Gasteiger partial charge in [0.2, 0.25) is 0 Å². The van der Waals surface area contributed by atoms with E-state index in [9.17, 15) is 0 Å². The number of hydrogen-bond acceptors (Lipinski definition) is 3. The first kappa shape index (κ1) is 11.6. The molecule has 0 saturated heterocycles. The Balaban J connectivity index is 2.99. The first-order valence-corrected chi connectivity index (χ1v) is 4.58. The minimum absolute atomic E-state index is 0.460. The molecule has 1 radical (unpaired) electrons. The molecule has 0 N–H and O–H groups in total. The lowest BCUT2D eigenvalue weighted by molar-refractivity contribution is 0.282. The molecule has 15 heavy (non-hydrogen) atoms. The third kappa shape index (κ3) is 2.99. The molecule has 0 unspecified atom stereocenters. The van der Waals surface area contributed by atoms with E-state index in [-0.39, 0.29) is 0 Å². The van der Waals surface area contributed by atoms with Crippen LogP contribution in [-0.2, 0) is 4.74 Å². The molecule has 3 nitrogen and oxygen atoms in total. The van der Waals surface area contributed by atoms with Crippen molar-refractivity contribution in [2.45, 2.75) is 0 Å². The molecule has 0 aliphatic heterocycles. The van der Waals surface area contributed by atoms with Crippen LogP contribution in [0.5, 0.6) is 11.5 Å². The highest BCUT2D eigenvalue weighted by atomic mass is 16.5. The van der Waals surface area contributed by atoms with Gasteiger partial charge in [-0.1, -0.05) is 12.1 Å². The Morgan fingerprint density at radius 1 is 1.20 bits per heavy atom. The van der Waals surface area contributed by atoms with Gasteiger partial charge in [-0.3, -0.25) is 0 Å². The van der Waals surface area contributed by atoms with Crippen molar-refractivity contribution < 1.29 is 14.2 Å². The van der Waals surface area contributed by atoms with E-state index in [1.807, 2.05) is 30.4 Å². The molecule has 1 aromatic carbocycles. The molecule has 0 aromatic heterocycles. The van der Waals surface area contributed by atoms with Crippen LogP contribution in [0.3, 0.4) is 0 Å². The quantitative estimate of drug-likeness (QED) is 0.742. The largest absolute Gasteiger partial charge is 0.496 e. The second-order valence-corrected chi connectivity index (χ2v) is 2.85. The lowest BCUT2D eigenvalue weighted by Crippen LogP contribution is -1.92. The van der Waals surface area contributed by atoms with Crippen molar-refractivity contribution in [1.29, 1.82) is 0 Å². The number of rotatable bonds is 5. The fourth-order valence-corrected chi connectivity index (χ4v) is 1.28. The van der Waals surface area contributed by atoms with Gasteiger partial charge in [0.15, 0.2) is 0 Å². The molecular formula is C12H15O3. The summed E-state index contributed by atoms with van der Waals surface area (Å²) in [6, 6.07) is 5.65. The smallest absolute Gasteiger partial charge is 0.129 e. The van der Waals surface area contributed by atoms with Gasteiger partial charge in [0, 0.05) is 0 Å². The van der Waals surface area contributed by atoms with Crippen LogP contribution < -0.4 is 9.47 Å². The normalized spacial score (nSPS) is 10.6. The lowest BCUT2D eigenvalue weighted by Gasteiger charge is -2.09. The maximum absolute atomic E-state index is 5.23. The van der Waals surface area contributed by atoms with E-state index in [2.05, 4.69) is 7.11 Å². The average molecular weight is 207 g/mol. The molecule has 0 fully saturated rings. The average Bonchev–Trinajstić information content (AvgIpc) is 2.29. The van der Waals surface area contributed by atoms with E-state index in [0.717, 1.165) is 17.1 Å². The van der Waals surface area contributed by atoms with Crippen LogP contribution >= 0.6 is 0 Å². The Morgan fingerprint density at radius 3 is 2.27 bits per heavy atom. The van der Waals surface area contributed by atoms with Crippen molar-refractivity contribution in [2.75, 3.05) is 20.8 Å². The molecule has 0 spiro atoms. The Labute approximate surface area is 90.3 Å². The fourth-order valence-electron chi connectivity index (χ4n) is 1.28. The van der Waals surface area contributed by atoms with Crippen molar-refractivity contribution >= 4 is 6.08 Å². The molecule has 0 heterocycles. The van der Waals surface area contributed by atoms with Crippen LogP contribution in [0.4, 0.5) is 0 Å². The minimum atomic E-state index is 0.460.